The minimum atomic E-state index is -0.205. The number of hydrogen-bond acceptors (Lipinski definition) is 8. The second-order valence-electron chi connectivity index (χ2n) is 10.4. The standard InChI is InChI=1S/C31H25N9O3/c41-27-19-43-25-9-8-22-16-24(25)37(27)12-5-1-2-6-13-39-30(42)23-18-34-31(36-29(23)40(22)39)35-21-15-20-10-14-38(28(20)33-17-21)26-7-3-4-11-32-26/h2-4,6-11,14-18H,1,5,12-13,19H2,(H,34,35,36). The van der Waals surface area contributed by atoms with E-state index in [-0.39, 0.29) is 18.1 Å². The number of benzene rings is 1. The van der Waals surface area contributed by atoms with Gasteiger partial charge in [0, 0.05) is 30.5 Å². The minimum Gasteiger partial charge on any atom is -0.482 e. The van der Waals surface area contributed by atoms with Crippen molar-refractivity contribution in [3.8, 4) is 17.3 Å². The molecule has 0 spiro atoms. The molecule has 2 aliphatic heterocycles. The SMILES string of the molecule is O=C1COc2ccc3cc2N1CCCC=CCn1c(=O)c2cnc(Nc4cnc5c(ccn5-c5ccccn5)c4)nc2n1-3. The van der Waals surface area contributed by atoms with Gasteiger partial charge in [0.2, 0.25) is 5.95 Å². The molecule has 1 amide bonds. The van der Waals surface area contributed by atoms with Crippen LogP contribution in [-0.2, 0) is 11.3 Å². The molecule has 0 saturated heterocycles. The van der Waals surface area contributed by atoms with E-state index in [4.69, 9.17) is 9.72 Å². The highest BCUT2D eigenvalue weighted by Gasteiger charge is 2.27. The third-order valence-corrected chi connectivity index (χ3v) is 7.68. The lowest BCUT2D eigenvalue weighted by atomic mass is 10.1. The Morgan fingerprint density at radius 2 is 1.88 bits per heavy atom. The lowest BCUT2D eigenvalue weighted by Crippen LogP contribution is -2.39. The molecule has 0 radical (unpaired) electrons. The van der Waals surface area contributed by atoms with Crippen LogP contribution in [0.25, 0.3) is 33.6 Å². The highest BCUT2D eigenvalue weighted by atomic mass is 16.5. The Bertz CT molecular complexity index is 2130. The monoisotopic (exact) mass is 571 g/mol. The first-order valence-electron chi connectivity index (χ1n) is 14.0. The fraction of sp³-hybridized carbons (Fsp3) is 0.161. The summed E-state index contributed by atoms with van der Waals surface area (Å²) < 4.78 is 11.1. The van der Waals surface area contributed by atoms with E-state index in [1.165, 1.54) is 0 Å². The van der Waals surface area contributed by atoms with E-state index < -0.39 is 0 Å². The van der Waals surface area contributed by atoms with Crippen LogP contribution in [-0.4, -0.2) is 52.9 Å². The van der Waals surface area contributed by atoms with Crippen molar-refractivity contribution in [2.45, 2.75) is 19.4 Å². The number of rotatable bonds is 3. The Balaban J connectivity index is 1.22. The van der Waals surface area contributed by atoms with Crippen molar-refractivity contribution in [2.24, 2.45) is 0 Å². The van der Waals surface area contributed by atoms with Crippen LogP contribution in [0.2, 0.25) is 0 Å². The molecule has 6 aromatic rings. The summed E-state index contributed by atoms with van der Waals surface area (Å²) in [6.45, 7) is 0.959. The number of pyridine rings is 2. The maximum Gasteiger partial charge on any atom is 0.278 e. The van der Waals surface area contributed by atoms with Gasteiger partial charge in [-0.05, 0) is 55.3 Å². The van der Waals surface area contributed by atoms with Gasteiger partial charge < -0.3 is 15.0 Å². The third kappa shape index (κ3) is 4.22. The van der Waals surface area contributed by atoms with E-state index in [2.05, 4.69) is 20.3 Å². The average Bonchev–Trinajstić information content (AvgIpc) is 3.57. The van der Waals surface area contributed by atoms with Crippen molar-refractivity contribution < 1.29 is 9.53 Å². The molecule has 0 aliphatic carbocycles. The number of carbonyl (C=O) groups excluding carboxylic acids is 1. The predicted molar refractivity (Wildman–Crippen MR) is 161 cm³/mol. The molecule has 8 rings (SSSR count). The van der Waals surface area contributed by atoms with Gasteiger partial charge in [-0.15, -0.1) is 0 Å². The van der Waals surface area contributed by atoms with Crippen molar-refractivity contribution in [1.82, 2.24) is 33.9 Å². The average molecular weight is 572 g/mol. The zero-order valence-electron chi connectivity index (χ0n) is 22.9. The third-order valence-electron chi connectivity index (χ3n) is 7.68. The van der Waals surface area contributed by atoms with E-state index in [0.29, 0.717) is 52.9 Å². The molecule has 0 saturated carbocycles. The van der Waals surface area contributed by atoms with Gasteiger partial charge in [0.1, 0.15) is 22.6 Å². The molecule has 12 heteroatoms. The molecule has 43 heavy (non-hydrogen) atoms. The summed E-state index contributed by atoms with van der Waals surface area (Å²) in [5.74, 6) is 1.65. The topological polar surface area (TPSA) is 125 Å². The minimum absolute atomic E-state index is 0.0100. The molecular formula is C31H25N9O3. The summed E-state index contributed by atoms with van der Waals surface area (Å²) in [5.41, 5.74) is 3.08. The summed E-state index contributed by atoms with van der Waals surface area (Å²) in [4.78, 5) is 46.4. The zero-order chi connectivity index (χ0) is 28.9. The van der Waals surface area contributed by atoms with E-state index in [1.807, 2.05) is 71.4 Å². The second-order valence-corrected chi connectivity index (χ2v) is 10.4. The number of hydrogen-bond donors (Lipinski definition) is 1. The molecule has 212 valence electrons. The number of nitrogens with one attached hydrogen (secondary N) is 1. The van der Waals surface area contributed by atoms with Gasteiger partial charge in [0.15, 0.2) is 12.3 Å². The molecule has 0 atom stereocenters. The molecule has 1 N–H and O–H groups in total. The number of amides is 1. The Hall–Kier alpha value is -5.78. The van der Waals surface area contributed by atoms with Crippen LogP contribution in [0.5, 0.6) is 5.75 Å². The van der Waals surface area contributed by atoms with Crippen molar-refractivity contribution >= 4 is 45.3 Å². The molecule has 7 heterocycles. The van der Waals surface area contributed by atoms with Crippen LogP contribution in [0.3, 0.4) is 0 Å². The van der Waals surface area contributed by atoms with Gasteiger partial charge in [0.25, 0.3) is 11.5 Å². The fourth-order valence-electron chi connectivity index (χ4n) is 5.65. The first kappa shape index (κ1) is 25.0. The van der Waals surface area contributed by atoms with E-state index in [1.54, 1.807) is 32.9 Å². The fourth-order valence-corrected chi connectivity index (χ4v) is 5.65. The van der Waals surface area contributed by atoms with E-state index in [9.17, 15) is 9.59 Å². The van der Waals surface area contributed by atoms with Gasteiger partial charge in [-0.2, -0.15) is 4.98 Å². The number of carbonyl (C=O) groups is 1. The Morgan fingerprint density at radius 3 is 2.79 bits per heavy atom. The number of nitrogens with zero attached hydrogens (tertiary/aromatic N) is 8. The summed E-state index contributed by atoms with van der Waals surface area (Å²) in [6, 6.07) is 15.3. The van der Waals surface area contributed by atoms with Crippen LogP contribution < -0.4 is 20.5 Å². The lowest BCUT2D eigenvalue weighted by Gasteiger charge is -2.30. The number of allylic oxidation sites excluding steroid dienone is 2. The number of fused-ring (bicyclic) bond motifs is 6. The molecule has 5 aromatic heterocycles. The van der Waals surface area contributed by atoms with Gasteiger partial charge in [-0.1, -0.05) is 18.2 Å². The summed E-state index contributed by atoms with van der Waals surface area (Å²) in [6.07, 6.45) is 12.5. The summed E-state index contributed by atoms with van der Waals surface area (Å²) in [7, 11) is 0. The van der Waals surface area contributed by atoms with Crippen LogP contribution >= 0.6 is 0 Å². The highest BCUT2D eigenvalue weighted by Crippen LogP contribution is 2.35. The van der Waals surface area contributed by atoms with Crippen LogP contribution in [0, 0.1) is 0 Å². The van der Waals surface area contributed by atoms with Crippen molar-refractivity contribution in [1.29, 1.82) is 0 Å². The Kier molecular flexibility index (Phi) is 5.77. The molecule has 1 aromatic carbocycles. The molecule has 2 bridgehead atoms. The van der Waals surface area contributed by atoms with Crippen molar-refractivity contribution in [2.75, 3.05) is 23.4 Å². The highest BCUT2D eigenvalue weighted by molar-refractivity contribution is 5.98. The van der Waals surface area contributed by atoms with Gasteiger partial charge >= 0.3 is 0 Å². The van der Waals surface area contributed by atoms with Gasteiger partial charge in [-0.3, -0.25) is 14.2 Å². The second kappa shape index (κ2) is 9.94. The normalized spacial score (nSPS) is 14.7. The van der Waals surface area contributed by atoms with Crippen LogP contribution in [0.1, 0.15) is 12.8 Å². The zero-order valence-corrected chi connectivity index (χ0v) is 22.9. The lowest BCUT2D eigenvalue weighted by molar-refractivity contribution is -0.121. The molecule has 0 fully saturated rings. The Labute approximate surface area is 244 Å². The van der Waals surface area contributed by atoms with Gasteiger partial charge in [-0.25, -0.2) is 24.3 Å². The van der Waals surface area contributed by atoms with Crippen molar-refractivity contribution in [3.05, 3.63) is 95.8 Å². The quantitative estimate of drug-likeness (QED) is 0.315. The van der Waals surface area contributed by atoms with Crippen molar-refractivity contribution in [3.63, 3.8) is 0 Å². The molecule has 2 aliphatic rings. The first-order valence-corrected chi connectivity index (χ1v) is 14.0. The number of ether oxygens (including phenoxy) is 1. The van der Waals surface area contributed by atoms with Gasteiger partial charge in [0.05, 0.1) is 29.8 Å². The summed E-state index contributed by atoms with van der Waals surface area (Å²) >= 11 is 0. The molecule has 12 nitrogen and oxygen atoms in total. The molecular weight excluding hydrogens is 546 g/mol. The Morgan fingerprint density at radius 1 is 0.930 bits per heavy atom. The molecule has 0 unspecified atom stereocenters. The number of aromatic nitrogens is 7. The van der Waals surface area contributed by atoms with E-state index in [0.717, 1.165) is 29.7 Å². The first-order chi connectivity index (χ1) is 21.1. The largest absolute Gasteiger partial charge is 0.482 e. The van der Waals surface area contributed by atoms with Crippen LogP contribution in [0.4, 0.5) is 17.3 Å². The maximum atomic E-state index is 13.6. The van der Waals surface area contributed by atoms with Crippen LogP contribution in [0.15, 0.2) is 90.3 Å². The predicted octanol–water partition coefficient (Wildman–Crippen LogP) is 4.14. The van der Waals surface area contributed by atoms with E-state index >= 15 is 0 Å². The summed E-state index contributed by atoms with van der Waals surface area (Å²) in [5, 5.41) is 4.55. The smallest absolute Gasteiger partial charge is 0.278 e. The number of anilines is 3. The maximum absolute atomic E-state index is 13.6.